The van der Waals surface area contributed by atoms with E-state index in [2.05, 4.69) is 23.2 Å². The van der Waals surface area contributed by atoms with E-state index in [1.165, 1.54) is 0 Å². The van der Waals surface area contributed by atoms with E-state index in [9.17, 15) is 0 Å². The molecule has 0 aliphatic carbocycles. The molecule has 3 aromatic carbocycles. The molecule has 1 aliphatic rings. The van der Waals surface area contributed by atoms with Crippen molar-refractivity contribution in [3.8, 4) is 11.5 Å². The van der Waals surface area contributed by atoms with Crippen LogP contribution in [-0.4, -0.2) is 19.9 Å². The zero-order valence-electron chi connectivity index (χ0n) is 15.8. The van der Waals surface area contributed by atoms with Gasteiger partial charge in [0.15, 0.2) is 0 Å². The molecule has 1 aliphatic heterocycles. The predicted molar refractivity (Wildman–Crippen MR) is 114 cm³/mol. The molecule has 4 nitrogen and oxygen atoms in total. The molecule has 4 rings (SSSR count). The number of hydrogen-bond acceptors (Lipinski definition) is 4. The number of anilines is 1. The number of benzene rings is 3. The van der Waals surface area contributed by atoms with Crippen LogP contribution in [0.4, 0.5) is 5.69 Å². The van der Waals surface area contributed by atoms with Crippen molar-refractivity contribution in [3.05, 3.63) is 88.9 Å². The Balaban J connectivity index is 1.77. The molecule has 0 unspecified atom stereocenters. The van der Waals surface area contributed by atoms with Gasteiger partial charge in [0.1, 0.15) is 11.5 Å². The lowest BCUT2D eigenvalue weighted by atomic mass is 9.97. The summed E-state index contributed by atoms with van der Waals surface area (Å²) >= 11 is 6.06. The van der Waals surface area contributed by atoms with Gasteiger partial charge in [0.25, 0.3) is 0 Å². The second-order valence-electron chi connectivity index (χ2n) is 6.56. The first kappa shape index (κ1) is 18.4. The Morgan fingerprint density at radius 2 is 1.68 bits per heavy atom. The van der Waals surface area contributed by atoms with E-state index in [1.54, 1.807) is 14.2 Å². The SMILES string of the molecule is COc1ccc([C@H]2CC(c3ccc(Cl)cc3)=NN2c2ccccc2)c(OC)c1. The van der Waals surface area contributed by atoms with Gasteiger partial charge in [0.05, 0.1) is 31.7 Å². The summed E-state index contributed by atoms with van der Waals surface area (Å²) in [6, 6.07) is 24.0. The largest absolute Gasteiger partial charge is 0.497 e. The third-order valence-electron chi connectivity index (χ3n) is 4.91. The number of halogens is 1. The fourth-order valence-electron chi connectivity index (χ4n) is 3.48. The van der Waals surface area contributed by atoms with Crippen LogP contribution >= 0.6 is 11.6 Å². The maximum absolute atomic E-state index is 6.06. The molecular formula is C23H21ClN2O2. The Morgan fingerprint density at radius 1 is 0.929 bits per heavy atom. The third kappa shape index (κ3) is 3.56. The van der Waals surface area contributed by atoms with Gasteiger partial charge < -0.3 is 9.47 Å². The molecule has 0 saturated heterocycles. The van der Waals surface area contributed by atoms with Crippen molar-refractivity contribution in [1.82, 2.24) is 0 Å². The summed E-state index contributed by atoms with van der Waals surface area (Å²) in [7, 11) is 3.34. The van der Waals surface area contributed by atoms with E-state index in [1.807, 2.05) is 54.6 Å². The minimum Gasteiger partial charge on any atom is -0.497 e. The lowest BCUT2D eigenvalue weighted by Crippen LogP contribution is -2.19. The van der Waals surface area contributed by atoms with E-state index in [0.29, 0.717) is 0 Å². The van der Waals surface area contributed by atoms with E-state index in [-0.39, 0.29) is 6.04 Å². The number of methoxy groups -OCH3 is 2. The highest BCUT2D eigenvalue weighted by molar-refractivity contribution is 6.30. The molecule has 0 bridgehead atoms. The summed E-state index contributed by atoms with van der Waals surface area (Å²) in [6.45, 7) is 0. The average Bonchev–Trinajstić information content (AvgIpc) is 3.19. The Labute approximate surface area is 170 Å². The van der Waals surface area contributed by atoms with Crippen LogP contribution in [0.15, 0.2) is 77.9 Å². The molecule has 1 heterocycles. The molecule has 1 atom stereocenters. The van der Waals surface area contributed by atoms with Crippen LogP contribution in [0.5, 0.6) is 11.5 Å². The van der Waals surface area contributed by atoms with Crippen LogP contribution in [0.3, 0.4) is 0 Å². The molecule has 28 heavy (non-hydrogen) atoms. The van der Waals surface area contributed by atoms with Crippen molar-refractivity contribution in [3.63, 3.8) is 0 Å². The molecule has 5 heteroatoms. The highest BCUT2D eigenvalue weighted by Crippen LogP contribution is 2.41. The van der Waals surface area contributed by atoms with Crippen molar-refractivity contribution in [2.75, 3.05) is 19.2 Å². The highest BCUT2D eigenvalue weighted by atomic mass is 35.5. The fraction of sp³-hybridized carbons (Fsp3) is 0.174. The zero-order valence-corrected chi connectivity index (χ0v) is 16.6. The maximum Gasteiger partial charge on any atom is 0.127 e. The van der Waals surface area contributed by atoms with Gasteiger partial charge >= 0.3 is 0 Å². The highest BCUT2D eigenvalue weighted by Gasteiger charge is 2.32. The van der Waals surface area contributed by atoms with Gasteiger partial charge in [-0.05, 0) is 42.0 Å². The van der Waals surface area contributed by atoms with Crippen LogP contribution in [0.25, 0.3) is 0 Å². The molecule has 3 aromatic rings. The van der Waals surface area contributed by atoms with Crippen LogP contribution in [0.2, 0.25) is 5.02 Å². The first-order valence-corrected chi connectivity index (χ1v) is 9.47. The number of para-hydroxylation sites is 1. The van der Waals surface area contributed by atoms with E-state index < -0.39 is 0 Å². The number of hydrazone groups is 1. The van der Waals surface area contributed by atoms with Gasteiger partial charge in [-0.1, -0.05) is 41.9 Å². The topological polar surface area (TPSA) is 34.1 Å². The first-order chi connectivity index (χ1) is 13.7. The quantitative estimate of drug-likeness (QED) is 0.557. The Morgan fingerprint density at radius 3 is 2.36 bits per heavy atom. The molecule has 0 amide bonds. The Bertz CT molecular complexity index is 987. The minimum atomic E-state index is 0.0222. The fourth-order valence-corrected chi connectivity index (χ4v) is 3.61. The van der Waals surface area contributed by atoms with Crippen molar-refractivity contribution in [1.29, 1.82) is 0 Å². The van der Waals surface area contributed by atoms with Gasteiger partial charge in [0, 0.05) is 23.1 Å². The lowest BCUT2D eigenvalue weighted by molar-refractivity contribution is 0.388. The minimum absolute atomic E-state index is 0.0222. The van der Waals surface area contributed by atoms with Crippen LogP contribution < -0.4 is 14.5 Å². The summed E-state index contributed by atoms with van der Waals surface area (Å²) in [4.78, 5) is 0. The second-order valence-corrected chi connectivity index (χ2v) is 7.00. The van der Waals surface area contributed by atoms with Gasteiger partial charge in [0.2, 0.25) is 0 Å². The molecule has 0 aromatic heterocycles. The Kier molecular flexibility index (Phi) is 5.22. The van der Waals surface area contributed by atoms with Gasteiger partial charge in [-0.2, -0.15) is 5.10 Å². The predicted octanol–water partition coefficient (Wildman–Crippen LogP) is 5.71. The first-order valence-electron chi connectivity index (χ1n) is 9.09. The van der Waals surface area contributed by atoms with Gasteiger partial charge in [-0.25, -0.2) is 0 Å². The van der Waals surface area contributed by atoms with Gasteiger partial charge in [-0.3, -0.25) is 5.01 Å². The van der Waals surface area contributed by atoms with Crippen LogP contribution in [0.1, 0.15) is 23.6 Å². The van der Waals surface area contributed by atoms with Crippen molar-refractivity contribution in [2.24, 2.45) is 5.10 Å². The van der Waals surface area contributed by atoms with Crippen molar-refractivity contribution in [2.45, 2.75) is 12.5 Å². The monoisotopic (exact) mass is 392 g/mol. The standard InChI is InChI=1S/C23H21ClN2O2/c1-27-19-12-13-20(23(14-19)28-2)22-15-21(16-8-10-17(24)11-9-16)25-26(22)18-6-4-3-5-7-18/h3-14,22H,15H2,1-2H3/t22-/m1/s1. The zero-order chi connectivity index (χ0) is 19.5. The molecule has 0 radical (unpaired) electrons. The van der Waals surface area contributed by atoms with Crippen LogP contribution in [-0.2, 0) is 0 Å². The third-order valence-corrected chi connectivity index (χ3v) is 5.16. The van der Waals surface area contributed by atoms with Crippen LogP contribution in [0, 0.1) is 0 Å². The maximum atomic E-state index is 6.06. The Hall–Kier alpha value is -2.98. The summed E-state index contributed by atoms with van der Waals surface area (Å²) in [5.74, 6) is 1.56. The normalized spacial score (nSPS) is 16.0. The van der Waals surface area contributed by atoms with E-state index in [0.717, 1.165) is 45.5 Å². The molecule has 0 fully saturated rings. The van der Waals surface area contributed by atoms with Gasteiger partial charge in [-0.15, -0.1) is 0 Å². The molecular weight excluding hydrogens is 372 g/mol. The number of ether oxygens (including phenoxy) is 2. The molecule has 0 saturated carbocycles. The lowest BCUT2D eigenvalue weighted by Gasteiger charge is -2.25. The summed E-state index contributed by atoms with van der Waals surface area (Å²) in [5, 5.41) is 7.74. The van der Waals surface area contributed by atoms with Crippen molar-refractivity contribution >= 4 is 23.0 Å². The smallest absolute Gasteiger partial charge is 0.127 e. The van der Waals surface area contributed by atoms with E-state index in [4.69, 9.17) is 26.2 Å². The number of nitrogens with zero attached hydrogens (tertiary/aromatic N) is 2. The summed E-state index contributed by atoms with van der Waals surface area (Å²) in [6.07, 6.45) is 0.763. The summed E-state index contributed by atoms with van der Waals surface area (Å²) in [5.41, 5.74) is 4.19. The number of hydrogen-bond donors (Lipinski definition) is 0. The summed E-state index contributed by atoms with van der Waals surface area (Å²) < 4.78 is 11.0. The molecule has 142 valence electrons. The van der Waals surface area contributed by atoms with Crippen molar-refractivity contribution < 1.29 is 9.47 Å². The molecule has 0 spiro atoms. The average molecular weight is 393 g/mol. The van der Waals surface area contributed by atoms with E-state index >= 15 is 0 Å². The number of rotatable bonds is 5. The second kappa shape index (κ2) is 7.95. The molecule has 0 N–H and O–H groups in total.